The van der Waals surface area contributed by atoms with Crippen molar-refractivity contribution in [2.45, 2.75) is 38.7 Å². The summed E-state index contributed by atoms with van der Waals surface area (Å²) in [6.45, 7) is 2.29. The molecule has 0 bridgehead atoms. The third-order valence-corrected chi connectivity index (χ3v) is 2.94. The fourth-order valence-corrected chi connectivity index (χ4v) is 2.18. The zero-order valence-electron chi connectivity index (χ0n) is 9.15. The van der Waals surface area contributed by atoms with Crippen LogP contribution in [0.3, 0.4) is 0 Å². The van der Waals surface area contributed by atoms with Crippen molar-refractivity contribution < 1.29 is 4.74 Å². The Morgan fingerprint density at radius 2 is 2.33 bits per heavy atom. The number of nitrogens with zero attached hydrogens (tertiary/aromatic N) is 1. The lowest BCUT2D eigenvalue weighted by molar-refractivity contribution is 0.129. The second-order valence-electron chi connectivity index (χ2n) is 4.43. The van der Waals surface area contributed by atoms with Crippen LogP contribution in [0.2, 0.25) is 0 Å². The molecule has 0 spiro atoms. The SMILES string of the molecule is CC1CCCC(Oc2ccnc(N)c2)C1. The van der Waals surface area contributed by atoms with Crippen LogP contribution in [0.15, 0.2) is 18.3 Å². The van der Waals surface area contributed by atoms with E-state index in [1.807, 2.05) is 6.07 Å². The van der Waals surface area contributed by atoms with Crippen LogP contribution in [0.5, 0.6) is 5.75 Å². The molecule has 0 saturated heterocycles. The molecular formula is C12H18N2O. The molecule has 82 valence electrons. The molecule has 1 fully saturated rings. The van der Waals surface area contributed by atoms with Gasteiger partial charge in [0.15, 0.2) is 0 Å². The Morgan fingerprint density at radius 1 is 1.47 bits per heavy atom. The molecule has 1 aromatic rings. The molecule has 1 aliphatic rings. The van der Waals surface area contributed by atoms with Crippen molar-refractivity contribution in [1.82, 2.24) is 4.98 Å². The summed E-state index contributed by atoms with van der Waals surface area (Å²) >= 11 is 0. The van der Waals surface area contributed by atoms with Gasteiger partial charge in [0.2, 0.25) is 0 Å². The first-order chi connectivity index (χ1) is 7.24. The van der Waals surface area contributed by atoms with Gasteiger partial charge in [-0.1, -0.05) is 13.3 Å². The summed E-state index contributed by atoms with van der Waals surface area (Å²) < 4.78 is 5.89. The smallest absolute Gasteiger partial charge is 0.126 e. The average molecular weight is 206 g/mol. The average Bonchev–Trinajstić information content (AvgIpc) is 2.17. The number of nitrogens with two attached hydrogens (primary N) is 1. The third-order valence-electron chi connectivity index (χ3n) is 2.94. The van der Waals surface area contributed by atoms with Gasteiger partial charge < -0.3 is 10.5 Å². The van der Waals surface area contributed by atoms with Gasteiger partial charge >= 0.3 is 0 Å². The van der Waals surface area contributed by atoms with Crippen LogP contribution in [0.4, 0.5) is 5.82 Å². The highest BCUT2D eigenvalue weighted by Crippen LogP contribution is 2.27. The van der Waals surface area contributed by atoms with E-state index in [0.29, 0.717) is 11.9 Å². The number of anilines is 1. The maximum Gasteiger partial charge on any atom is 0.126 e. The fourth-order valence-electron chi connectivity index (χ4n) is 2.18. The topological polar surface area (TPSA) is 48.1 Å². The Morgan fingerprint density at radius 3 is 3.07 bits per heavy atom. The van der Waals surface area contributed by atoms with Gasteiger partial charge in [-0.2, -0.15) is 0 Å². The van der Waals surface area contributed by atoms with Crippen molar-refractivity contribution in [3.8, 4) is 5.75 Å². The van der Waals surface area contributed by atoms with Crippen molar-refractivity contribution in [2.24, 2.45) is 5.92 Å². The molecule has 3 heteroatoms. The molecule has 0 aromatic carbocycles. The van der Waals surface area contributed by atoms with Gasteiger partial charge in [0, 0.05) is 12.3 Å². The summed E-state index contributed by atoms with van der Waals surface area (Å²) in [5.41, 5.74) is 5.60. The summed E-state index contributed by atoms with van der Waals surface area (Å²) in [6.07, 6.45) is 6.96. The molecule has 3 nitrogen and oxygen atoms in total. The van der Waals surface area contributed by atoms with Gasteiger partial charge in [-0.05, 0) is 31.2 Å². The summed E-state index contributed by atoms with van der Waals surface area (Å²) in [4.78, 5) is 3.95. The highest BCUT2D eigenvalue weighted by molar-refractivity contribution is 5.35. The Hall–Kier alpha value is -1.25. The number of hydrogen-bond acceptors (Lipinski definition) is 3. The predicted octanol–water partition coefficient (Wildman–Crippen LogP) is 2.62. The van der Waals surface area contributed by atoms with Crippen LogP contribution in [-0.4, -0.2) is 11.1 Å². The van der Waals surface area contributed by atoms with Crippen LogP contribution in [-0.2, 0) is 0 Å². The first-order valence-electron chi connectivity index (χ1n) is 5.62. The molecule has 2 N–H and O–H groups in total. The molecule has 15 heavy (non-hydrogen) atoms. The minimum Gasteiger partial charge on any atom is -0.490 e. The number of ether oxygens (including phenoxy) is 1. The first-order valence-corrected chi connectivity index (χ1v) is 5.62. The van der Waals surface area contributed by atoms with Gasteiger partial charge in [-0.3, -0.25) is 0 Å². The second kappa shape index (κ2) is 4.51. The van der Waals surface area contributed by atoms with Crippen LogP contribution < -0.4 is 10.5 Å². The number of aromatic nitrogens is 1. The summed E-state index contributed by atoms with van der Waals surface area (Å²) in [5, 5.41) is 0. The van der Waals surface area contributed by atoms with E-state index in [4.69, 9.17) is 10.5 Å². The van der Waals surface area contributed by atoms with E-state index >= 15 is 0 Å². The van der Waals surface area contributed by atoms with Crippen LogP contribution in [0.1, 0.15) is 32.6 Å². The molecular weight excluding hydrogens is 188 g/mol. The van der Waals surface area contributed by atoms with E-state index in [1.165, 1.54) is 12.8 Å². The molecule has 2 rings (SSSR count). The maximum absolute atomic E-state index is 5.89. The summed E-state index contributed by atoms with van der Waals surface area (Å²) in [6, 6.07) is 3.66. The van der Waals surface area contributed by atoms with Gasteiger partial charge in [-0.25, -0.2) is 4.98 Å². The van der Waals surface area contributed by atoms with Crippen molar-refractivity contribution in [3.63, 3.8) is 0 Å². The highest BCUT2D eigenvalue weighted by atomic mass is 16.5. The van der Waals surface area contributed by atoms with E-state index in [-0.39, 0.29) is 0 Å². The van der Waals surface area contributed by atoms with E-state index in [0.717, 1.165) is 24.5 Å². The molecule has 0 aliphatic heterocycles. The molecule has 1 saturated carbocycles. The molecule has 1 heterocycles. The monoisotopic (exact) mass is 206 g/mol. The zero-order valence-corrected chi connectivity index (χ0v) is 9.15. The Kier molecular flexibility index (Phi) is 3.09. The molecule has 2 unspecified atom stereocenters. The molecule has 1 aliphatic carbocycles. The number of rotatable bonds is 2. The lowest BCUT2D eigenvalue weighted by Crippen LogP contribution is -2.24. The predicted molar refractivity (Wildman–Crippen MR) is 60.7 cm³/mol. The number of pyridine rings is 1. The molecule has 2 atom stereocenters. The standard InChI is InChI=1S/C12H18N2O/c1-9-3-2-4-10(7-9)15-11-5-6-14-12(13)8-11/h5-6,8-10H,2-4,7H2,1H3,(H2,13,14). The minimum absolute atomic E-state index is 0.357. The molecule has 0 radical (unpaired) electrons. The quantitative estimate of drug-likeness (QED) is 0.809. The molecule has 1 aromatic heterocycles. The Labute approximate surface area is 90.7 Å². The largest absolute Gasteiger partial charge is 0.490 e. The fraction of sp³-hybridized carbons (Fsp3) is 0.583. The van der Waals surface area contributed by atoms with E-state index in [9.17, 15) is 0 Å². The Balaban J connectivity index is 1.96. The van der Waals surface area contributed by atoms with Crippen molar-refractivity contribution in [2.75, 3.05) is 5.73 Å². The van der Waals surface area contributed by atoms with E-state index < -0.39 is 0 Å². The second-order valence-corrected chi connectivity index (χ2v) is 4.43. The van der Waals surface area contributed by atoms with Crippen LogP contribution >= 0.6 is 0 Å². The lowest BCUT2D eigenvalue weighted by Gasteiger charge is -2.27. The minimum atomic E-state index is 0.357. The van der Waals surface area contributed by atoms with Gasteiger partial charge in [0.25, 0.3) is 0 Å². The Bertz CT molecular complexity index is 327. The van der Waals surface area contributed by atoms with Crippen molar-refractivity contribution in [3.05, 3.63) is 18.3 Å². The van der Waals surface area contributed by atoms with Gasteiger partial charge in [0.1, 0.15) is 11.6 Å². The summed E-state index contributed by atoms with van der Waals surface area (Å²) in [5.74, 6) is 2.15. The number of hydrogen-bond donors (Lipinski definition) is 1. The van der Waals surface area contributed by atoms with Crippen LogP contribution in [0, 0.1) is 5.92 Å². The maximum atomic E-state index is 5.89. The number of nitrogen functional groups attached to an aromatic ring is 1. The lowest BCUT2D eigenvalue weighted by atomic mass is 9.89. The third kappa shape index (κ3) is 2.85. The van der Waals surface area contributed by atoms with Gasteiger partial charge in [-0.15, -0.1) is 0 Å². The van der Waals surface area contributed by atoms with Crippen molar-refractivity contribution in [1.29, 1.82) is 0 Å². The van der Waals surface area contributed by atoms with Crippen LogP contribution in [0.25, 0.3) is 0 Å². The van der Waals surface area contributed by atoms with E-state index in [2.05, 4.69) is 11.9 Å². The van der Waals surface area contributed by atoms with Crippen molar-refractivity contribution >= 4 is 5.82 Å². The normalized spacial score (nSPS) is 26.2. The highest BCUT2D eigenvalue weighted by Gasteiger charge is 2.20. The van der Waals surface area contributed by atoms with Gasteiger partial charge in [0.05, 0.1) is 6.10 Å². The zero-order chi connectivity index (χ0) is 10.7. The molecule has 0 amide bonds. The van der Waals surface area contributed by atoms with E-state index in [1.54, 1.807) is 12.3 Å². The first kappa shape index (κ1) is 10.3. The summed E-state index contributed by atoms with van der Waals surface area (Å²) in [7, 11) is 0.